The molecule has 3 heterocycles. The van der Waals surface area contributed by atoms with Crippen LogP contribution in [0.5, 0.6) is 5.75 Å². The molecular formula is C84H103N5O15. The highest BCUT2D eigenvalue weighted by Crippen LogP contribution is 2.36. The van der Waals surface area contributed by atoms with Crippen LogP contribution in [0.4, 0.5) is 0 Å². The van der Waals surface area contributed by atoms with Crippen molar-refractivity contribution in [3.63, 3.8) is 0 Å². The molecule has 2 N–H and O–H groups in total. The molecule has 0 spiro atoms. The zero-order valence-corrected chi connectivity index (χ0v) is 64.0. The summed E-state index contributed by atoms with van der Waals surface area (Å²) in [6.45, 7) is 31.5. The van der Waals surface area contributed by atoms with Crippen LogP contribution in [-0.2, 0) is 57.2 Å². The van der Waals surface area contributed by atoms with Gasteiger partial charge in [0.1, 0.15) is 39.4 Å². The average molecular weight is 1420 g/mol. The lowest BCUT2D eigenvalue weighted by atomic mass is 9.83. The van der Waals surface area contributed by atoms with E-state index >= 15 is 0 Å². The van der Waals surface area contributed by atoms with Crippen molar-refractivity contribution >= 4 is 47.6 Å². The van der Waals surface area contributed by atoms with Crippen molar-refractivity contribution < 1.29 is 71.5 Å². The topological polar surface area (TPSA) is 264 Å². The standard InChI is InChI=1S/C84H103N5O15/c1-77(2,3)99-68(90)38-44-83(45-39-69(91)100-78(4,5)6,46-40-70(92)101-79(7,8)9)88-75(96)58-32-26-56(27-33-58)30-36-60-52-62(63-54-66(64-24-20-22-50-85-64)87-67(55-63)65-25-21-23-51-86-65)53-61(74(60)98-19)37-31-57-28-34-59(35-29-57)76(97)89-84(47-41-71(93)102-80(10,11)12,48-42-72(94)103-81(13,14)15)49-43-73(95)104-82(16,17)18/h20-29,32-35,50-55H,38-49H2,1-19H3,(H,88,96)(H,89,97). The fourth-order valence-electron chi connectivity index (χ4n) is 11.0. The first-order valence-electron chi connectivity index (χ1n) is 35.1. The monoisotopic (exact) mass is 1420 g/mol. The van der Waals surface area contributed by atoms with Crippen molar-refractivity contribution in [1.82, 2.24) is 25.6 Å². The Hall–Kier alpha value is -10.2. The van der Waals surface area contributed by atoms with Crippen LogP contribution >= 0.6 is 0 Å². The van der Waals surface area contributed by atoms with E-state index in [0.29, 0.717) is 56.3 Å². The first-order valence-corrected chi connectivity index (χ1v) is 35.1. The SMILES string of the molecule is COc1c(C#Cc2ccc(C(=O)NC(CCC(=O)OC(C)(C)C)(CCC(=O)OC(C)(C)C)CCC(=O)OC(C)(C)C)cc2)cc(-c2cc(-c3ccccn3)nc(-c3ccccn3)c2)cc1C#Cc1ccc(C(=O)NC(CCC(=O)OC(C)(C)C)(CCC(=O)OC(C)(C)C)CCC(=O)OC(C)(C)C)cc1. The van der Waals surface area contributed by atoms with Gasteiger partial charge in [0, 0.05) is 84.3 Å². The molecule has 0 fully saturated rings. The van der Waals surface area contributed by atoms with E-state index in [2.05, 4.69) is 44.3 Å². The van der Waals surface area contributed by atoms with E-state index < -0.39 is 92.3 Å². The predicted octanol–water partition coefficient (Wildman–Crippen LogP) is 15.3. The van der Waals surface area contributed by atoms with E-state index in [0.717, 1.165) is 5.56 Å². The van der Waals surface area contributed by atoms with Gasteiger partial charge in [-0.05, 0) is 271 Å². The van der Waals surface area contributed by atoms with E-state index in [1.807, 2.05) is 60.7 Å². The van der Waals surface area contributed by atoms with Gasteiger partial charge in [0.15, 0.2) is 0 Å². The highest BCUT2D eigenvalue weighted by Gasteiger charge is 2.38. The molecule has 2 amide bonds. The Morgan fingerprint density at radius 1 is 0.346 bits per heavy atom. The molecule has 554 valence electrons. The van der Waals surface area contributed by atoms with Gasteiger partial charge >= 0.3 is 35.8 Å². The van der Waals surface area contributed by atoms with Crippen LogP contribution < -0.4 is 15.4 Å². The Morgan fingerprint density at radius 2 is 0.615 bits per heavy atom. The van der Waals surface area contributed by atoms with Gasteiger partial charge in [-0.25, -0.2) is 4.98 Å². The highest BCUT2D eigenvalue weighted by atomic mass is 16.6. The summed E-state index contributed by atoms with van der Waals surface area (Å²) in [5.74, 6) is 9.31. The van der Waals surface area contributed by atoms with Crippen molar-refractivity contribution in [2.24, 2.45) is 0 Å². The molecule has 3 aromatic heterocycles. The quantitative estimate of drug-likeness (QED) is 0.0290. The number of rotatable bonds is 26. The van der Waals surface area contributed by atoms with Crippen LogP contribution in [-0.4, -0.2) is 114 Å². The zero-order chi connectivity index (χ0) is 77.1. The summed E-state index contributed by atoms with van der Waals surface area (Å²) in [5.41, 5.74) is -1.17. The van der Waals surface area contributed by atoms with Crippen LogP contribution in [0.25, 0.3) is 33.9 Å². The third-order valence-electron chi connectivity index (χ3n) is 15.4. The molecule has 6 aromatic rings. The highest BCUT2D eigenvalue weighted by molar-refractivity contribution is 5.96. The van der Waals surface area contributed by atoms with Crippen molar-refractivity contribution in [3.05, 3.63) is 155 Å². The van der Waals surface area contributed by atoms with Gasteiger partial charge in [0.05, 0.1) is 41.0 Å². The summed E-state index contributed by atoms with van der Waals surface area (Å²) >= 11 is 0. The second kappa shape index (κ2) is 35.3. The lowest BCUT2D eigenvalue weighted by Gasteiger charge is -2.36. The maximum atomic E-state index is 14.6. The minimum Gasteiger partial charge on any atom is -0.494 e. The van der Waals surface area contributed by atoms with Gasteiger partial charge in [-0.2, -0.15) is 0 Å². The molecule has 0 saturated carbocycles. The largest absolute Gasteiger partial charge is 0.494 e. The number of hydrogen-bond donors (Lipinski definition) is 2. The first-order chi connectivity index (χ1) is 48.3. The number of benzene rings is 3. The maximum Gasteiger partial charge on any atom is 0.306 e. The second-order valence-electron chi connectivity index (χ2n) is 31.8. The van der Waals surface area contributed by atoms with Crippen molar-refractivity contribution in [3.8, 4) is 63.3 Å². The Morgan fingerprint density at radius 3 is 0.856 bits per heavy atom. The van der Waals surface area contributed by atoms with Gasteiger partial charge in [0.2, 0.25) is 0 Å². The van der Waals surface area contributed by atoms with Crippen LogP contribution in [0.15, 0.2) is 122 Å². The molecule has 0 aliphatic carbocycles. The maximum absolute atomic E-state index is 14.6. The van der Waals surface area contributed by atoms with Crippen molar-refractivity contribution in [2.45, 2.75) is 246 Å². The number of ether oxygens (including phenoxy) is 7. The molecule has 0 radical (unpaired) electrons. The van der Waals surface area contributed by atoms with E-state index in [9.17, 15) is 38.4 Å². The Kier molecular flexibility index (Phi) is 28.1. The summed E-state index contributed by atoms with van der Waals surface area (Å²) < 4.78 is 40.1. The number of methoxy groups -OCH3 is 1. The minimum absolute atomic E-state index is 0.0267. The van der Waals surface area contributed by atoms with Gasteiger partial charge in [-0.3, -0.25) is 48.3 Å². The molecule has 0 unspecified atom stereocenters. The lowest BCUT2D eigenvalue weighted by molar-refractivity contribution is -0.158. The van der Waals surface area contributed by atoms with Crippen molar-refractivity contribution in [2.75, 3.05) is 7.11 Å². The number of esters is 6. The molecule has 104 heavy (non-hydrogen) atoms. The fourth-order valence-corrected chi connectivity index (χ4v) is 11.0. The normalized spacial score (nSPS) is 12.0. The third kappa shape index (κ3) is 28.9. The summed E-state index contributed by atoms with van der Waals surface area (Å²) in [5, 5.41) is 6.26. The molecule has 0 saturated heterocycles. The number of amides is 2. The number of hydrogen-bond acceptors (Lipinski definition) is 18. The summed E-state index contributed by atoms with van der Waals surface area (Å²) in [4.78, 5) is 123. The van der Waals surface area contributed by atoms with Crippen LogP contribution in [0.1, 0.15) is 245 Å². The lowest BCUT2D eigenvalue weighted by Crippen LogP contribution is -2.50. The molecule has 6 rings (SSSR count). The molecule has 20 heteroatoms. The van der Waals surface area contributed by atoms with Gasteiger partial charge < -0.3 is 43.8 Å². The van der Waals surface area contributed by atoms with Gasteiger partial charge in [-0.1, -0.05) is 35.8 Å². The van der Waals surface area contributed by atoms with E-state index in [-0.39, 0.29) is 88.2 Å². The summed E-state index contributed by atoms with van der Waals surface area (Å²) in [6, 6.07) is 31.9. The second-order valence-corrected chi connectivity index (χ2v) is 31.8. The van der Waals surface area contributed by atoms with E-state index in [4.69, 9.17) is 38.1 Å². The number of nitrogens with zero attached hydrogens (tertiary/aromatic N) is 3. The predicted molar refractivity (Wildman–Crippen MR) is 398 cm³/mol. The van der Waals surface area contributed by atoms with E-state index in [1.54, 1.807) is 186 Å². The Balaban J connectivity index is 1.42. The third-order valence-corrected chi connectivity index (χ3v) is 15.4. The number of aromatic nitrogens is 3. The summed E-state index contributed by atoms with van der Waals surface area (Å²) in [7, 11) is 1.51. The smallest absolute Gasteiger partial charge is 0.306 e. The minimum atomic E-state index is -1.28. The molecule has 0 bridgehead atoms. The van der Waals surface area contributed by atoms with Gasteiger partial charge in [0.25, 0.3) is 11.8 Å². The van der Waals surface area contributed by atoms with Crippen LogP contribution in [0.2, 0.25) is 0 Å². The van der Waals surface area contributed by atoms with Gasteiger partial charge in [-0.15, -0.1) is 0 Å². The van der Waals surface area contributed by atoms with E-state index in [1.165, 1.54) is 7.11 Å². The fraction of sp³-hybridized carbons (Fsp3) is 0.464. The molecule has 0 aliphatic rings. The Bertz CT molecular complexity index is 3720. The molecule has 0 aliphatic heterocycles. The van der Waals surface area contributed by atoms with Crippen LogP contribution in [0.3, 0.4) is 0 Å². The summed E-state index contributed by atoms with van der Waals surface area (Å²) in [6.07, 6.45) is 2.73. The molecule has 20 nitrogen and oxygen atoms in total. The average Bonchev–Trinajstić information content (AvgIpc) is 0.805. The first kappa shape index (κ1) is 82.7. The number of nitrogens with one attached hydrogen (secondary N) is 2. The number of pyridine rings is 3. The van der Waals surface area contributed by atoms with Crippen LogP contribution in [0, 0.1) is 23.7 Å². The van der Waals surface area contributed by atoms with Crippen molar-refractivity contribution in [1.29, 1.82) is 0 Å². The zero-order valence-electron chi connectivity index (χ0n) is 64.0. The number of carbonyl (C=O) groups excluding carboxylic acids is 8. The molecular weight excluding hydrogens is 1320 g/mol. The molecule has 0 atom stereocenters. The molecule has 3 aromatic carbocycles. The Labute approximate surface area is 613 Å². The number of carbonyl (C=O) groups is 8.